The Hall–Kier alpha value is -1.14. The Labute approximate surface area is 111 Å². The number of hydrogen-bond donors (Lipinski definition) is 2. The summed E-state index contributed by atoms with van der Waals surface area (Å²) in [6.07, 6.45) is 2.58. The summed E-state index contributed by atoms with van der Waals surface area (Å²) in [5.74, 6) is -0.266. The molecule has 0 amide bonds. The van der Waals surface area contributed by atoms with Crippen molar-refractivity contribution >= 4 is 22.4 Å². The maximum Gasteiger partial charge on any atom is 0.326 e. The predicted octanol–water partition coefficient (Wildman–Crippen LogP) is 1.85. The standard InChI is InChI=1S/C12H19N3O2S/c1-7(2)15(5-8-3-4-8)12-14-9(6-18-12)10(13)11(16)17/h6-8,10H,3-5,13H2,1-2H3,(H,16,17). The molecule has 2 rings (SSSR count). The fraction of sp³-hybridized carbons (Fsp3) is 0.667. The number of carboxylic acids is 1. The largest absolute Gasteiger partial charge is 0.480 e. The van der Waals surface area contributed by atoms with Crippen LogP contribution in [0.5, 0.6) is 0 Å². The van der Waals surface area contributed by atoms with Gasteiger partial charge < -0.3 is 15.7 Å². The van der Waals surface area contributed by atoms with Gasteiger partial charge in [-0.15, -0.1) is 11.3 Å². The van der Waals surface area contributed by atoms with Crippen LogP contribution >= 0.6 is 11.3 Å². The molecule has 1 atom stereocenters. The van der Waals surface area contributed by atoms with E-state index in [0.717, 1.165) is 17.6 Å². The van der Waals surface area contributed by atoms with Crippen molar-refractivity contribution in [1.82, 2.24) is 4.98 Å². The fourth-order valence-electron chi connectivity index (χ4n) is 1.77. The number of rotatable bonds is 6. The Morgan fingerprint density at radius 3 is 2.83 bits per heavy atom. The summed E-state index contributed by atoms with van der Waals surface area (Å²) in [5.41, 5.74) is 6.02. The van der Waals surface area contributed by atoms with E-state index in [1.165, 1.54) is 24.2 Å². The Balaban J connectivity index is 2.12. The first-order chi connectivity index (χ1) is 8.49. The number of carbonyl (C=O) groups is 1. The molecular weight excluding hydrogens is 250 g/mol. The van der Waals surface area contributed by atoms with Gasteiger partial charge in [0, 0.05) is 18.0 Å². The van der Waals surface area contributed by atoms with E-state index in [-0.39, 0.29) is 0 Å². The van der Waals surface area contributed by atoms with Gasteiger partial charge in [0.2, 0.25) is 0 Å². The second-order valence-corrected chi connectivity index (χ2v) is 5.90. The summed E-state index contributed by atoms with van der Waals surface area (Å²) in [6.45, 7) is 5.26. The molecule has 3 N–H and O–H groups in total. The molecule has 1 aliphatic carbocycles. The average Bonchev–Trinajstić information content (AvgIpc) is 3.00. The van der Waals surface area contributed by atoms with Crippen LogP contribution in [-0.2, 0) is 4.79 Å². The van der Waals surface area contributed by atoms with Gasteiger partial charge in [0.25, 0.3) is 0 Å². The van der Waals surface area contributed by atoms with Crippen LogP contribution in [0.2, 0.25) is 0 Å². The smallest absolute Gasteiger partial charge is 0.326 e. The van der Waals surface area contributed by atoms with Gasteiger partial charge >= 0.3 is 5.97 Å². The molecule has 0 aromatic carbocycles. The SMILES string of the molecule is CC(C)N(CC1CC1)c1nc(C(N)C(=O)O)cs1. The molecule has 0 bridgehead atoms. The predicted molar refractivity (Wildman–Crippen MR) is 71.9 cm³/mol. The number of thiazole rings is 1. The molecule has 0 saturated heterocycles. The van der Waals surface area contributed by atoms with Gasteiger partial charge in [-0.1, -0.05) is 0 Å². The number of hydrogen-bond acceptors (Lipinski definition) is 5. The molecule has 5 nitrogen and oxygen atoms in total. The third kappa shape index (κ3) is 3.00. The third-order valence-corrected chi connectivity index (χ3v) is 4.01. The number of carboxylic acid groups (broad SMARTS) is 1. The van der Waals surface area contributed by atoms with Crippen molar-refractivity contribution in [3.05, 3.63) is 11.1 Å². The highest BCUT2D eigenvalue weighted by molar-refractivity contribution is 7.13. The number of nitrogens with zero attached hydrogens (tertiary/aromatic N) is 2. The summed E-state index contributed by atoms with van der Waals surface area (Å²) >= 11 is 1.47. The molecule has 18 heavy (non-hydrogen) atoms. The Morgan fingerprint density at radius 1 is 1.67 bits per heavy atom. The van der Waals surface area contributed by atoms with Crippen LogP contribution in [0.15, 0.2) is 5.38 Å². The molecule has 1 heterocycles. The molecule has 1 fully saturated rings. The number of aliphatic carboxylic acids is 1. The lowest BCUT2D eigenvalue weighted by Gasteiger charge is -2.26. The first-order valence-corrected chi connectivity index (χ1v) is 7.07. The summed E-state index contributed by atoms with van der Waals surface area (Å²) in [4.78, 5) is 17.4. The first-order valence-electron chi connectivity index (χ1n) is 6.19. The fourth-order valence-corrected chi connectivity index (χ4v) is 2.77. The minimum absolute atomic E-state index is 0.366. The zero-order valence-corrected chi connectivity index (χ0v) is 11.5. The first kappa shape index (κ1) is 13.3. The number of aromatic nitrogens is 1. The molecule has 1 unspecified atom stereocenters. The molecule has 0 spiro atoms. The van der Waals surface area contributed by atoms with Crippen molar-refractivity contribution in [2.24, 2.45) is 11.7 Å². The number of anilines is 1. The summed E-state index contributed by atoms with van der Waals surface area (Å²) < 4.78 is 0. The molecule has 0 radical (unpaired) electrons. The maximum absolute atomic E-state index is 10.8. The molecule has 6 heteroatoms. The summed E-state index contributed by atoms with van der Waals surface area (Å²) in [6, 6.07) is -0.657. The minimum Gasteiger partial charge on any atom is -0.480 e. The van der Waals surface area contributed by atoms with Crippen molar-refractivity contribution in [3.63, 3.8) is 0 Å². The monoisotopic (exact) mass is 269 g/mol. The van der Waals surface area contributed by atoms with Crippen molar-refractivity contribution in [2.45, 2.75) is 38.8 Å². The van der Waals surface area contributed by atoms with Crippen LogP contribution in [0, 0.1) is 5.92 Å². The molecule has 1 saturated carbocycles. The summed E-state index contributed by atoms with van der Waals surface area (Å²) in [5, 5.41) is 11.5. The Bertz CT molecular complexity index is 429. The van der Waals surface area contributed by atoms with E-state index in [9.17, 15) is 4.79 Å². The van der Waals surface area contributed by atoms with Crippen LogP contribution in [0.1, 0.15) is 38.4 Å². The zero-order valence-electron chi connectivity index (χ0n) is 10.7. The average molecular weight is 269 g/mol. The van der Waals surface area contributed by atoms with Crippen molar-refractivity contribution in [2.75, 3.05) is 11.4 Å². The highest BCUT2D eigenvalue weighted by Gasteiger charge is 2.27. The van der Waals surface area contributed by atoms with Crippen LogP contribution in [-0.4, -0.2) is 28.6 Å². The van der Waals surface area contributed by atoms with Crippen LogP contribution in [0.4, 0.5) is 5.13 Å². The minimum atomic E-state index is -1.04. The van der Waals surface area contributed by atoms with E-state index in [4.69, 9.17) is 10.8 Å². The molecular formula is C12H19N3O2S. The lowest BCUT2D eigenvalue weighted by molar-refractivity contribution is -0.138. The van der Waals surface area contributed by atoms with Gasteiger partial charge in [-0.3, -0.25) is 4.79 Å². The van der Waals surface area contributed by atoms with Crippen molar-refractivity contribution in [3.8, 4) is 0 Å². The topological polar surface area (TPSA) is 79.5 Å². The van der Waals surface area contributed by atoms with E-state index in [1.54, 1.807) is 5.38 Å². The molecule has 1 aliphatic rings. The van der Waals surface area contributed by atoms with E-state index in [2.05, 4.69) is 23.7 Å². The quantitative estimate of drug-likeness (QED) is 0.824. The van der Waals surface area contributed by atoms with Gasteiger partial charge in [0.05, 0.1) is 5.69 Å². The molecule has 100 valence electrons. The van der Waals surface area contributed by atoms with Gasteiger partial charge in [0.15, 0.2) is 5.13 Å². The molecule has 1 aromatic rings. The van der Waals surface area contributed by atoms with E-state index < -0.39 is 12.0 Å². The highest BCUT2D eigenvalue weighted by Crippen LogP contribution is 2.33. The molecule has 1 aromatic heterocycles. The normalized spacial score (nSPS) is 16.9. The van der Waals surface area contributed by atoms with Crippen LogP contribution < -0.4 is 10.6 Å². The molecule has 0 aliphatic heterocycles. The Kier molecular flexibility index (Phi) is 3.87. The van der Waals surface area contributed by atoms with Crippen LogP contribution in [0.3, 0.4) is 0 Å². The lowest BCUT2D eigenvalue weighted by atomic mass is 10.2. The number of nitrogens with two attached hydrogens (primary N) is 1. The second kappa shape index (κ2) is 5.24. The zero-order chi connectivity index (χ0) is 13.3. The maximum atomic E-state index is 10.8. The van der Waals surface area contributed by atoms with E-state index in [1.807, 2.05) is 0 Å². The van der Waals surface area contributed by atoms with Gasteiger partial charge in [0.1, 0.15) is 6.04 Å². The van der Waals surface area contributed by atoms with Crippen molar-refractivity contribution < 1.29 is 9.90 Å². The van der Waals surface area contributed by atoms with Gasteiger partial charge in [-0.05, 0) is 32.6 Å². The van der Waals surface area contributed by atoms with Gasteiger partial charge in [-0.2, -0.15) is 0 Å². The highest BCUT2D eigenvalue weighted by atomic mass is 32.1. The second-order valence-electron chi connectivity index (χ2n) is 5.06. The Morgan fingerprint density at radius 2 is 2.33 bits per heavy atom. The summed E-state index contributed by atoms with van der Waals surface area (Å²) in [7, 11) is 0. The van der Waals surface area contributed by atoms with Crippen LogP contribution in [0.25, 0.3) is 0 Å². The van der Waals surface area contributed by atoms with E-state index in [0.29, 0.717) is 11.7 Å². The van der Waals surface area contributed by atoms with Gasteiger partial charge in [-0.25, -0.2) is 4.98 Å². The van der Waals surface area contributed by atoms with E-state index >= 15 is 0 Å². The lowest BCUT2D eigenvalue weighted by Crippen LogP contribution is -2.32. The van der Waals surface area contributed by atoms with Crippen molar-refractivity contribution in [1.29, 1.82) is 0 Å². The third-order valence-electron chi connectivity index (χ3n) is 3.12.